The zero-order valence-corrected chi connectivity index (χ0v) is 23.8. The fourth-order valence-corrected chi connectivity index (χ4v) is 11.1. The minimum atomic E-state index is -0.329. The fourth-order valence-electron chi connectivity index (χ4n) is 11.1. The van der Waals surface area contributed by atoms with Gasteiger partial charge in [-0.2, -0.15) is 0 Å². The maximum Gasteiger partial charge on any atom is 0.312 e. The van der Waals surface area contributed by atoms with E-state index in [1.807, 2.05) is 0 Å². The van der Waals surface area contributed by atoms with E-state index in [9.17, 15) is 9.59 Å². The highest BCUT2D eigenvalue weighted by molar-refractivity contribution is 5.78. The molecule has 35 heavy (non-hydrogen) atoms. The average Bonchev–Trinajstić information content (AvgIpc) is 2.78. The first-order valence-electron chi connectivity index (χ1n) is 14.5. The summed E-state index contributed by atoms with van der Waals surface area (Å²) in [5.41, 5.74) is 2.24. The molecule has 8 atom stereocenters. The zero-order chi connectivity index (χ0) is 25.7. The Balaban J connectivity index is 1.59. The van der Waals surface area contributed by atoms with E-state index < -0.39 is 0 Å². The second-order valence-electron chi connectivity index (χ2n) is 15.5. The number of allylic oxidation sites excluding steroid dienone is 2. The van der Waals surface area contributed by atoms with Gasteiger partial charge in [0, 0.05) is 5.92 Å². The monoisotopic (exact) mass is 482 g/mol. The molecule has 0 spiro atoms. The van der Waals surface area contributed by atoms with Gasteiger partial charge in [-0.1, -0.05) is 60.1 Å². The Morgan fingerprint density at radius 1 is 0.914 bits per heavy atom. The molecule has 0 aromatic carbocycles. The zero-order valence-electron chi connectivity index (χ0n) is 23.8. The lowest BCUT2D eigenvalue weighted by atomic mass is 9.33. The highest BCUT2D eigenvalue weighted by Crippen LogP contribution is 2.76. The van der Waals surface area contributed by atoms with Crippen LogP contribution in [0.2, 0.25) is 0 Å². The van der Waals surface area contributed by atoms with E-state index in [0.717, 1.165) is 44.9 Å². The van der Waals surface area contributed by atoms with E-state index in [0.29, 0.717) is 17.8 Å². The van der Waals surface area contributed by atoms with Gasteiger partial charge in [-0.3, -0.25) is 4.79 Å². The molecule has 4 saturated carbocycles. The summed E-state index contributed by atoms with van der Waals surface area (Å²) in [5.74, 6) is 1.77. The summed E-state index contributed by atoms with van der Waals surface area (Å²) >= 11 is 0. The summed E-state index contributed by atoms with van der Waals surface area (Å²) in [4.78, 5) is 25.4. The SMILES string of the molecule is COC(=O)[C@]12CCC(C)(C)CC1C1=CCC3[C@@]4(C)CC[C@H](C=O)C(C)(C)C4CC[C@@]3(C)[C@]1(C)CC2. The highest BCUT2D eigenvalue weighted by atomic mass is 16.5. The molecule has 0 saturated heterocycles. The van der Waals surface area contributed by atoms with Crippen molar-refractivity contribution in [1.29, 1.82) is 0 Å². The number of hydrogen-bond donors (Lipinski definition) is 0. The minimum Gasteiger partial charge on any atom is -0.469 e. The smallest absolute Gasteiger partial charge is 0.312 e. The van der Waals surface area contributed by atoms with E-state index in [1.54, 1.807) is 12.7 Å². The van der Waals surface area contributed by atoms with Crippen molar-refractivity contribution in [2.24, 2.45) is 56.2 Å². The van der Waals surface area contributed by atoms with Gasteiger partial charge >= 0.3 is 5.97 Å². The molecule has 3 heteroatoms. The molecule has 0 N–H and O–H groups in total. The first kappa shape index (κ1) is 25.5. The molecular weight excluding hydrogens is 432 g/mol. The summed E-state index contributed by atoms with van der Waals surface area (Å²) in [6.07, 6.45) is 14.9. The van der Waals surface area contributed by atoms with Gasteiger partial charge in [0.1, 0.15) is 6.29 Å². The van der Waals surface area contributed by atoms with Crippen LogP contribution in [-0.4, -0.2) is 19.4 Å². The number of esters is 1. The van der Waals surface area contributed by atoms with Gasteiger partial charge in [0.25, 0.3) is 0 Å². The number of carbonyl (C=O) groups excluding carboxylic acids is 2. The van der Waals surface area contributed by atoms with Crippen LogP contribution >= 0.6 is 0 Å². The van der Waals surface area contributed by atoms with Crippen molar-refractivity contribution in [2.45, 2.75) is 113 Å². The fraction of sp³-hybridized carbons (Fsp3) is 0.875. The Bertz CT molecular complexity index is 944. The van der Waals surface area contributed by atoms with Crippen LogP contribution in [0.25, 0.3) is 0 Å². The van der Waals surface area contributed by atoms with Crippen LogP contribution in [0, 0.1) is 56.2 Å². The second-order valence-corrected chi connectivity index (χ2v) is 15.5. The predicted molar refractivity (Wildman–Crippen MR) is 141 cm³/mol. The molecule has 3 unspecified atom stereocenters. The lowest BCUT2D eigenvalue weighted by Crippen LogP contribution is -2.64. The third-order valence-corrected chi connectivity index (χ3v) is 13.5. The number of carbonyl (C=O) groups is 2. The third kappa shape index (κ3) is 3.14. The average molecular weight is 483 g/mol. The van der Waals surface area contributed by atoms with Gasteiger partial charge in [0.05, 0.1) is 12.5 Å². The second kappa shape index (κ2) is 7.70. The van der Waals surface area contributed by atoms with Crippen LogP contribution in [0.3, 0.4) is 0 Å². The Morgan fingerprint density at radius 2 is 1.60 bits per heavy atom. The maximum absolute atomic E-state index is 13.4. The van der Waals surface area contributed by atoms with Crippen molar-refractivity contribution in [3.8, 4) is 0 Å². The lowest BCUT2D eigenvalue weighted by molar-refractivity contribution is -0.196. The van der Waals surface area contributed by atoms with Crippen molar-refractivity contribution < 1.29 is 14.3 Å². The molecule has 4 fully saturated rings. The van der Waals surface area contributed by atoms with E-state index >= 15 is 0 Å². The summed E-state index contributed by atoms with van der Waals surface area (Å²) < 4.78 is 5.50. The van der Waals surface area contributed by atoms with E-state index in [-0.39, 0.29) is 44.4 Å². The van der Waals surface area contributed by atoms with Crippen LogP contribution in [0.4, 0.5) is 0 Å². The molecule has 5 aliphatic rings. The quantitative estimate of drug-likeness (QED) is 0.229. The van der Waals surface area contributed by atoms with Gasteiger partial charge in [-0.05, 0) is 109 Å². The predicted octanol–water partition coefficient (Wildman–Crippen LogP) is 7.78. The molecule has 0 aliphatic heterocycles. The number of aldehydes is 1. The van der Waals surface area contributed by atoms with Crippen molar-refractivity contribution in [1.82, 2.24) is 0 Å². The van der Waals surface area contributed by atoms with Gasteiger partial charge in [-0.25, -0.2) is 0 Å². The molecule has 0 radical (unpaired) electrons. The molecule has 0 aromatic heterocycles. The molecule has 0 amide bonds. The molecule has 5 rings (SSSR count). The van der Waals surface area contributed by atoms with Crippen molar-refractivity contribution >= 4 is 12.3 Å². The van der Waals surface area contributed by atoms with E-state index in [2.05, 4.69) is 54.5 Å². The molecular formula is C32H50O3. The molecule has 0 heterocycles. The highest BCUT2D eigenvalue weighted by Gasteiger charge is 2.69. The van der Waals surface area contributed by atoms with Crippen LogP contribution in [-0.2, 0) is 14.3 Å². The lowest BCUT2D eigenvalue weighted by Gasteiger charge is -2.71. The van der Waals surface area contributed by atoms with Gasteiger partial charge in [-0.15, -0.1) is 0 Å². The van der Waals surface area contributed by atoms with Crippen LogP contribution in [0.5, 0.6) is 0 Å². The summed E-state index contributed by atoms with van der Waals surface area (Å²) in [6, 6.07) is 0. The molecule has 196 valence electrons. The Morgan fingerprint density at radius 3 is 2.26 bits per heavy atom. The number of ether oxygens (including phenoxy) is 1. The largest absolute Gasteiger partial charge is 0.469 e. The van der Waals surface area contributed by atoms with Crippen molar-refractivity contribution in [3.05, 3.63) is 11.6 Å². The van der Waals surface area contributed by atoms with E-state index in [1.165, 1.54) is 25.5 Å². The van der Waals surface area contributed by atoms with Gasteiger partial charge < -0.3 is 9.53 Å². The maximum atomic E-state index is 13.4. The Labute approximate surface area is 214 Å². The van der Waals surface area contributed by atoms with Crippen LogP contribution in [0.15, 0.2) is 11.6 Å². The van der Waals surface area contributed by atoms with Gasteiger partial charge in [0.15, 0.2) is 0 Å². The van der Waals surface area contributed by atoms with Crippen molar-refractivity contribution in [2.75, 3.05) is 7.11 Å². The van der Waals surface area contributed by atoms with Crippen LogP contribution < -0.4 is 0 Å². The first-order chi connectivity index (χ1) is 16.2. The molecule has 0 bridgehead atoms. The van der Waals surface area contributed by atoms with Crippen molar-refractivity contribution in [3.63, 3.8) is 0 Å². The Hall–Kier alpha value is -1.12. The number of rotatable bonds is 2. The normalized spacial score (nSPS) is 49.9. The summed E-state index contributed by atoms with van der Waals surface area (Å²) in [5, 5.41) is 0. The summed E-state index contributed by atoms with van der Waals surface area (Å²) in [7, 11) is 1.59. The van der Waals surface area contributed by atoms with Gasteiger partial charge in [0.2, 0.25) is 0 Å². The minimum absolute atomic E-state index is 0.0397. The first-order valence-corrected chi connectivity index (χ1v) is 14.5. The number of fused-ring (bicyclic) bond motifs is 7. The number of hydrogen-bond acceptors (Lipinski definition) is 3. The summed E-state index contributed by atoms with van der Waals surface area (Å²) in [6.45, 7) is 17.3. The van der Waals surface area contributed by atoms with E-state index in [4.69, 9.17) is 4.74 Å². The third-order valence-electron chi connectivity index (χ3n) is 13.5. The Kier molecular flexibility index (Phi) is 5.62. The molecule has 0 aromatic rings. The standard InChI is InChI=1S/C32H50O3/c1-27(2)15-17-32(26(34)35-8)18-16-30(6)22(23(32)19-27)9-10-25-29(5)13-11-21(20-33)28(3,4)24(29)12-14-31(25,30)7/h9,20-21,23-25H,10-19H2,1-8H3/t21-,23?,24?,25?,29+,30-,31-,32+/m1/s1. The van der Waals surface area contributed by atoms with Crippen LogP contribution in [0.1, 0.15) is 113 Å². The molecule has 3 nitrogen and oxygen atoms in total. The topological polar surface area (TPSA) is 43.4 Å². The number of methoxy groups -OCH3 is 1. The molecule has 5 aliphatic carbocycles.